The minimum atomic E-state index is -0.129. The third-order valence-corrected chi connectivity index (χ3v) is 9.16. The van der Waals surface area contributed by atoms with Crippen LogP contribution in [-0.4, -0.2) is 46.4 Å². The van der Waals surface area contributed by atoms with E-state index in [4.69, 9.17) is 12.2 Å². The standard InChI is InChI=1S/C24H42N4O2S4/c1-7-25-15-19(29)27(21(25)30)17-23(3,4)9-11-33-13-14-34-12-10-24(5,6)18-28-20(31)16-26(8-2)22(28)32/h15-16,29,31H,7-14,17-18H2,1-6H3. The molecular weight excluding hydrogens is 505 g/mol. The van der Waals surface area contributed by atoms with Crippen LogP contribution < -0.4 is 5.69 Å². The Bertz CT molecular complexity index is 951. The molecule has 2 heterocycles. The molecule has 0 bridgehead atoms. The third-order valence-electron chi connectivity index (χ3n) is 6.12. The van der Waals surface area contributed by atoms with E-state index in [9.17, 15) is 9.90 Å². The first-order valence-electron chi connectivity index (χ1n) is 12.0. The Morgan fingerprint density at radius 3 is 1.82 bits per heavy atom. The first-order valence-corrected chi connectivity index (χ1v) is 15.2. The van der Waals surface area contributed by atoms with Crippen molar-refractivity contribution < 1.29 is 5.11 Å². The van der Waals surface area contributed by atoms with Gasteiger partial charge in [0.05, 0.1) is 11.2 Å². The van der Waals surface area contributed by atoms with Gasteiger partial charge in [0, 0.05) is 43.9 Å². The van der Waals surface area contributed by atoms with E-state index in [1.54, 1.807) is 4.57 Å². The summed E-state index contributed by atoms with van der Waals surface area (Å²) in [4.78, 5) is 12.3. The predicted octanol–water partition coefficient (Wildman–Crippen LogP) is 6.02. The number of hydrogen-bond donors (Lipinski definition) is 2. The number of thiol groups is 1. The van der Waals surface area contributed by atoms with Crippen molar-refractivity contribution in [2.75, 3.05) is 23.0 Å². The molecule has 0 saturated carbocycles. The Morgan fingerprint density at radius 1 is 0.882 bits per heavy atom. The number of imidazole rings is 2. The van der Waals surface area contributed by atoms with Crippen molar-refractivity contribution in [1.29, 1.82) is 0 Å². The maximum atomic E-state index is 12.3. The Kier molecular flexibility index (Phi) is 11.3. The second kappa shape index (κ2) is 13.0. The fourth-order valence-electron chi connectivity index (χ4n) is 3.82. The second-order valence-electron chi connectivity index (χ2n) is 10.3. The van der Waals surface area contributed by atoms with Crippen molar-refractivity contribution in [3.63, 3.8) is 0 Å². The summed E-state index contributed by atoms with van der Waals surface area (Å²) in [5.74, 6) is 4.52. The molecule has 0 radical (unpaired) electrons. The van der Waals surface area contributed by atoms with Crippen LogP contribution in [0.3, 0.4) is 0 Å². The molecule has 2 rings (SSSR count). The van der Waals surface area contributed by atoms with E-state index in [2.05, 4.69) is 56.4 Å². The van der Waals surface area contributed by atoms with Crippen LogP contribution in [0.2, 0.25) is 0 Å². The lowest BCUT2D eigenvalue weighted by atomic mass is 9.90. The highest BCUT2D eigenvalue weighted by Crippen LogP contribution is 2.29. The van der Waals surface area contributed by atoms with Crippen molar-refractivity contribution in [2.24, 2.45) is 10.8 Å². The highest BCUT2D eigenvalue weighted by molar-refractivity contribution is 8.02. The maximum absolute atomic E-state index is 12.3. The van der Waals surface area contributed by atoms with E-state index in [1.165, 1.54) is 10.8 Å². The summed E-state index contributed by atoms with van der Waals surface area (Å²) in [6.07, 6.45) is 5.69. The van der Waals surface area contributed by atoms with Gasteiger partial charge in [-0.3, -0.25) is 9.13 Å². The summed E-state index contributed by atoms with van der Waals surface area (Å²) in [5, 5.41) is 11.0. The molecule has 0 spiro atoms. The molecule has 6 nitrogen and oxygen atoms in total. The molecule has 0 saturated heterocycles. The normalized spacial score (nSPS) is 12.6. The Morgan fingerprint density at radius 2 is 1.38 bits per heavy atom. The van der Waals surface area contributed by atoms with E-state index < -0.39 is 0 Å². The van der Waals surface area contributed by atoms with Crippen molar-refractivity contribution in [1.82, 2.24) is 18.3 Å². The zero-order valence-electron chi connectivity index (χ0n) is 21.5. The molecule has 0 unspecified atom stereocenters. The van der Waals surface area contributed by atoms with Crippen LogP contribution in [0.1, 0.15) is 54.4 Å². The Hall–Kier alpha value is -0.710. The van der Waals surface area contributed by atoms with Crippen LogP contribution in [-0.2, 0) is 26.2 Å². The smallest absolute Gasteiger partial charge is 0.331 e. The lowest BCUT2D eigenvalue weighted by Gasteiger charge is -2.25. The van der Waals surface area contributed by atoms with Gasteiger partial charge in [-0.2, -0.15) is 23.5 Å². The average Bonchev–Trinajstić information content (AvgIpc) is 3.19. The van der Waals surface area contributed by atoms with Gasteiger partial charge in [-0.25, -0.2) is 4.79 Å². The van der Waals surface area contributed by atoms with Crippen molar-refractivity contribution in [2.45, 2.75) is 85.6 Å². The van der Waals surface area contributed by atoms with Crippen LogP contribution in [0.25, 0.3) is 0 Å². The highest BCUT2D eigenvalue weighted by atomic mass is 32.2. The molecule has 0 aliphatic carbocycles. The van der Waals surface area contributed by atoms with Gasteiger partial charge in [-0.1, -0.05) is 27.7 Å². The van der Waals surface area contributed by atoms with E-state index in [0.717, 1.165) is 58.7 Å². The summed E-state index contributed by atoms with van der Waals surface area (Å²) in [5.41, 5.74) is -0.00839. The Labute approximate surface area is 223 Å². The number of aromatic hydroxyl groups is 1. The van der Waals surface area contributed by atoms with E-state index in [-0.39, 0.29) is 22.4 Å². The maximum Gasteiger partial charge on any atom is 0.331 e. The number of aryl methyl sites for hydroxylation is 2. The first kappa shape index (κ1) is 29.5. The molecule has 0 aliphatic heterocycles. The lowest BCUT2D eigenvalue weighted by Crippen LogP contribution is -2.30. The third kappa shape index (κ3) is 8.45. The Balaban J connectivity index is 1.66. The van der Waals surface area contributed by atoms with Crippen molar-refractivity contribution in [3.05, 3.63) is 27.6 Å². The van der Waals surface area contributed by atoms with Gasteiger partial charge < -0.3 is 14.2 Å². The summed E-state index contributed by atoms with van der Waals surface area (Å²) < 4.78 is 8.12. The second-order valence-corrected chi connectivity index (χ2v) is 13.6. The zero-order chi connectivity index (χ0) is 25.5. The number of nitrogens with zero attached hydrogens (tertiary/aromatic N) is 4. The average molecular weight is 547 g/mol. The largest absolute Gasteiger partial charge is 0.493 e. The lowest BCUT2D eigenvalue weighted by molar-refractivity contribution is 0.272. The summed E-state index contributed by atoms with van der Waals surface area (Å²) in [6.45, 7) is 15.8. The summed E-state index contributed by atoms with van der Waals surface area (Å²) >= 11 is 14.2. The van der Waals surface area contributed by atoms with E-state index >= 15 is 0 Å². The van der Waals surface area contributed by atoms with Gasteiger partial charge >= 0.3 is 5.69 Å². The molecule has 1 N–H and O–H groups in total. The summed E-state index contributed by atoms with van der Waals surface area (Å²) in [7, 11) is 0. The zero-order valence-corrected chi connectivity index (χ0v) is 24.9. The van der Waals surface area contributed by atoms with Gasteiger partial charge in [0.15, 0.2) is 4.77 Å². The van der Waals surface area contributed by atoms with Crippen LogP contribution in [0.5, 0.6) is 5.88 Å². The van der Waals surface area contributed by atoms with Crippen LogP contribution >= 0.6 is 48.4 Å². The van der Waals surface area contributed by atoms with Gasteiger partial charge in [0.2, 0.25) is 5.88 Å². The molecule has 0 atom stereocenters. The van der Waals surface area contributed by atoms with Crippen LogP contribution in [0, 0.1) is 15.6 Å². The fourth-order valence-corrected chi connectivity index (χ4v) is 7.28. The van der Waals surface area contributed by atoms with Gasteiger partial charge in [-0.05, 0) is 61.2 Å². The molecular formula is C24H42N4O2S4. The van der Waals surface area contributed by atoms with Crippen LogP contribution in [0.15, 0.2) is 22.2 Å². The van der Waals surface area contributed by atoms with Gasteiger partial charge in [0.25, 0.3) is 0 Å². The fraction of sp³-hybridized carbons (Fsp3) is 0.750. The topological polar surface area (TPSA) is 57.0 Å². The number of thioether (sulfide) groups is 2. The molecule has 0 aliphatic rings. The molecule has 194 valence electrons. The van der Waals surface area contributed by atoms with Gasteiger partial charge in [0.1, 0.15) is 0 Å². The van der Waals surface area contributed by atoms with Crippen molar-refractivity contribution in [3.8, 4) is 5.88 Å². The first-order chi connectivity index (χ1) is 15.9. The molecule has 0 aromatic carbocycles. The molecule has 2 aromatic heterocycles. The monoisotopic (exact) mass is 546 g/mol. The summed E-state index contributed by atoms with van der Waals surface area (Å²) in [6, 6.07) is 0. The van der Waals surface area contributed by atoms with Crippen LogP contribution in [0.4, 0.5) is 0 Å². The number of aromatic nitrogens is 4. The number of hydrogen-bond acceptors (Lipinski definition) is 6. The van der Waals surface area contributed by atoms with Gasteiger partial charge in [-0.15, -0.1) is 12.6 Å². The minimum absolute atomic E-state index is 0.0464. The SMILES string of the molecule is CCn1cc(O)n(CC(C)(C)CCSCCSCCC(C)(C)Cn2c(S)cn(CC)c2=S)c1=O. The molecule has 2 aromatic rings. The number of rotatable bonds is 15. The predicted molar refractivity (Wildman–Crippen MR) is 154 cm³/mol. The highest BCUT2D eigenvalue weighted by Gasteiger charge is 2.23. The molecule has 34 heavy (non-hydrogen) atoms. The van der Waals surface area contributed by atoms with Crippen molar-refractivity contribution >= 4 is 48.4 Å². The molecule has 0 fully saturated rings. The van der Waals surface area contributed by atoms with E-state index in [1.807, 2.05) is 36.6 Å². The molecule has 0 amide bonds. The quantitative estimate of drug-likeness (QED) is 0.163. The molecule has 10 heteroatoms. The van der Waals surface area contributed by atoms with E-state index in [0.29, 0.717) is 13.1 Å². The minimum Gasteiger partial charge on any atom is -0.493 e.